The summed E-state index contributed by atoms with van der Waals surface area (Å²) >= 11 is 0. The van der Waals surface area contributed by atoms with Crippen LogP contribution in [0.4, 0.5) is 5.69 Å². The highest BCUT2D eigenvalue weighted by Crippen LogP contribution is 2.23. The lowest BCUT2D eigenvalue weighted by Gasteiger charge is -2.26. The minimum absolute atomic E-state index is 0.146. The molecule has 4 nitrogen and oxygen atoms in total. The molecule has 100 valence electrons. The van der Waals surface area contributed by atoms with Crippen LogP contribution in [0.15, 0.2) is 29.4 Å². The Morgan fingerprint density at radius 2 is 1.94 bits per heavy atom. The molecular weight excluding hydrogens is 226 g/mol. The number of para-hydroxylation sites is 1. The van der Waals surface area contributed by atoms with Gasteiger partial charge in [0.05, 0.1) is 0 Å². The molecule has 0 atom stereocenters. The van der Waals surface area contributed by atoms with Crippen molar-refractivity contribution in [1.82, 2.24) is 0 Å². The van der Waals surface area contributed by atoms with Gasteiger partial charge in [-0.15, -0.1) is 0 Å². The highest BCUT2D eigenvalue weighted by Gasteiger charge is 2.14. The van der Waals surface area contributed by atoms with Gasteiger partial charge in [-0.25, -0.2) is 0 Å². The van der Waals surface area contributed by atoms with E-state index >= 15 is 0 Å². The second kappa shape index (κ2) is 5.76. The average molecular weight is 249 g/mol. The molecule has 1 rings (SSSR count). The third-order valence-electron chi connectivity index (χ3n) is 2.90. The predicted octanol–water partition coefficient (Wildman–Crippen LogP) is 2.65. The molecule has 0 aliphatic heterocycles. The first-order valence-electron chi connectivity index (χ1n) is 6.13. The van der Waals surface area contributed by atoms with Gasteiger partial charge in [0.15, 0.2) is 5.84 Å². The highest BCUT2D eigenvalue weighted by molar-refractivity contribution is 6.02. The van der Waals surface area contributed by atoms with Gasteiger partial charge in [-0.1, -0.05) is 38.1 Å². The van der Waals surface area contributed by atoms with E-state index in [4.69, 9.17) is 10.9 Å². The molecule has 0 aliphatic rings. The number of hydrogen-bond donors (Lipinski definition) is 2. The van der Waals surface area contributed by atoms with Gasteiger partial charge in [0.25, 0.3) is 0 Å². The predicted molar refractivity (Wildman–Crippen MR) is 76.3 cm³/mol. The largest absolute Gasteiger partial charge is 0.409 e. The topological polar surface area (TPSA) is 61.8 Å². The zero-order chi connectivity index (χ0) is 13.8. The maximum absolute atomic E-state index is 8.80. The smallest absolute Gasteiger partial charge is 0.172 e. The van der Waals surface area contributed by atoms with Crippen LogP contribution in [0.3, 0.4) is 0 Å². The van der Waals surface area contributed by atoms with Gasteiger partial charge in [-0.05, 0) is 24.0 Å². The molecule has 3 N–H and O–H groups in total. The molecule has 0 saturated heterocycles. The van der Waals surface area contributed by atoms with Crippen LogP contribution in [-0.4, -0.2) is 24.6 Å². The maximum atomic E-state index is 8.80. The summed E-state index contributed by atoms with van der Waals surface area (Å²) in [6.45, 7) is 7.59. The summed E-state index contributed by atoms with van der Waals surface area (Å²) in [5.41, 5.74) is 7.72. The van der Waals surface area contributed by atoms with Crippen molar-refractivity contribution in [2.45, 2.75) is 27.2 Å². The fourth-order valence-electron chi connectivity index (χ4n) is 1.70. The van der Waals surface area contributed by atoms with E-state index in [1.807, 2.05) is 31.3 Å². The Balaban J connectivity index is 2.89. The Labute approximate surface area is 109 Å². The van der Waals surface area contributed by atoms with Crippen molar-refractivity contribution in [3.8, 4) is 0 Å². The van der Waals surface area contributed by atoms with Crippen molar-refractivity contribution in [3.05, 3.63) is 29.8 Å². The fourth-order valence-corrected chi connectivity index (χ4v) is 1.70. The van der Waals surface area contributed by atoms with E-state index in [2.05, 4.69) is 30.8 Å². The Bertz CT molecular complexity index is 421. The third kappa shape index (κ3) is 3.95. The van der Waals surface area contributed by atoms with Crippen molar-refractivity contribution in [2.75, 3.05) is 18.5 Å². The van der Waals surface area contributed by atoms with E-state index in [9.17, 15) is 0 Å². The van der Waals surface area contributed by atoms with Crippen LogP contribution >= 0.6 is 0 Å². The molecule has 18 heavy (non-hydrogen) atoms. The SMILES string of the molecule is CN(CCC(C)(C)C)c1ccccc1C(N)=NO. The molecule has 4 heteroatoms. The Kier molecular flexibility index (Phi) is 4.59. The molecule has 0 spiro atoms. The zero-order valence-corrected chi connectivity index (χ0v) is 11.6. The number of amidine groups is 1. The average Bonchev–Trinajstić information content (AvgIpc) is 2.34. The van der Waals surface area contributed by atoms with Crippen molar-refractivity contribution in [2.24, 2.45) is 16.3 Å². The normalized spacial score (nSPS) is 12.6. The van der Waals surface area contributed by atoms with E-state index < -0.39 is 0 Å². The van der Waals surface area contributed by atoms with Crippen LogP contribution in [0, 0.1) is 5.41 Å². The zero-order valence-electron chi connectivity index (χ0n) is 11.6. The first-order chi connectivity index (χ1) is 8.35. The molecule has 1 aromatic rings. The first kappa shape index (κ1) is 14.4. The van der Waals surface area contributed by atoms with Gasteiger partial charge >= 0.3 is 0 Å². The molecule has 0 radical (unpaired) electrons. The molecule has 0 unspecified atom stereocenters. The number of hydrogen-bond acceptors (Lipinski definition) is 3. The van der Waals surface area contributed by atoms with Crippen molar-refractivity contribution >= 4 is 11.5 Å². The monoisotopic (exact) mass is 249 g/mol. The lowest BCUT2D eigenvalue weighted by Crippen LogP contribution is -2.26. The first-order valence-corrected chi connectivity index (χ1v) is 6.13. The molecule has 0 bridgehead atoms. The molecule has 0 aliphatic carbocycles. The van der Waals surface area contributed by atoms with Crippen molar-refractivity contribution < 1.29 is 5.21 Å². The Morgan fingerprint density at radius 3 is 2.50 bits per heavy atom. The second-order valence-corrected chi connectivity index (χ2v) is 5.73. The van der Waals surface area contributed by atoms with E-state index in [1.54, 1.807) is 0 Å². The van der Waals surface area contributed by atoms with Gasteiger partial charge < -0.3 is 15.8 Å². The molecular formula is C14H23N3O. The van der Waals surface area contributed by atoms with Gasteiger partial charge in [0.2, 0.25) is 0 Å². The third-order valence-corrected chi connectivity index (χ3v) is 2.90. The summed E-state index contributed by atoms with van der Waals surface area (Å²) in [6.07, 6.45) is 1.08. The Hall–Kier alpha value is -1.71. The van der Waals surface area contributed by atoms with Crippen LogP contribution in [-0.2, 0) is 0 Å². The number of anilines is 1. The molecule has 0 amide bonds. The molecule has 0 fully saturated rings. The van der Waals surface area contributed by atoms with Gasteiger partial charge in [0, 0.05) is 24.8 Å². The second-order valence-electron chi connectivity index (χ2n) is 5.73. The summed E-state index contributed by atoms with van der Waals surface area (Å²) in [5, 5.41) is 11.9. The number of oxime groups is 1. The quantitative estimate of drug-likeness (QED) is 0.373. The number of nitrogens with two attached hydrogens (primary N) is 1. The summed E-state index contributed by atoms with van der Waals surface area (Å²) in [6, 6.07) is 7.68. The van der Waals surface area contributed by atoms with Gasteiger partial charge in [-0.3, -0.25) is 0 Å². The van der Waals surface area contributed by atoms with E-state index in [0.717, 1.165) is 24.2 Å². The highest BCUT2D eigenvalue weighted by atomic mass is 16.4. The standard InChI is InChI=1S/C14H23N3O/c1-14(2,3)9-10-17(4)12-8-6-5-7-11(12)13(15)16-18/h5-8,18H,9-10H2,1-4H3,(H2,15,16). The van der Waals surface area contributed by atoms with Crippen LogP contribution in [0.25, 0.3) is 0 Å². The Morgan fingerprint density at radius 1 is 1.33 bits per heavy atom. The minimum Gasteiger partial charge on any atom is -0.409 e. The van der Waals surface area contributed by atoms with Crippen molar-refractivity contribution in [1.29, 1.82) is 0 Å². The minimum atomic E-state index is 0.146. The van der Waals surface area contributed by atoms with Crippen LogP contribution in [0.2, 0.25) is 0 Å². The van der Waals surface area contributed by atoms with Crippen LogP contribution in [0.5, 0.6) is 0 Å². The number of nitrogens with zero attached hydrogens (tertiary/aromatic N) is 2. The molecule has 0 heterocycles. The maximum Gasteiger partial charge on any atom is 0.172 e. The van der Waals surface area contributed by atoms with E-state index in [-0.39, 0.29) is 5.84 Å². The lowest BCUT2D eigenvalue weighted by atomic mass is 9.92. The van der Waals surface area contributed by atoms with Gasteiger partial charge in [-0.2, -0.15) is 0 Å². The van der Waals surface area contributed by atoms with E-state index in [0.29, 0.717) is 5.41 Å². The van der Waals surface area contributed by atoms with Crippen molar-refractivity contribution in [3.63, 3.8) is 0 Å². The summed E-state index contributed by atoms with van der Waals surface area (Å²) in [7, 11) is 2.02. The summed E-state index contributed by atoms with van der Waals surface area (Å²) in [4.78, 5) is 2.14. The van der Waals surface area contributed by atoms with Crippen LogP contribution in [0.1, 0.15) is 32.8 Å². The molecule has 0 aromatic heterocycles. The van der Waals surface area contributed by atoms with E-state index in [1.165, 1.54) is 0 Å². The summed E-state index contributed by atoms with van der Waals surface area (Å²) in [5.74, 6) is 0.146. The number of rotatable bonds is 4. The lowest BCUT2D eigenvalue weighted by molar-refractivity contribution is 0.318. The van der Waals surface area contributed by atoms with Gasteiger partial charge in [0.1, 0.15) is 0 Å². The fraction of sp³-hybridized carbons (Fsp3) is 0.500. The van der Waals surface area contributed by atoms with Crippen LogP contribution < -0.4 is 10.6 Å². The number of benzene rings is 1. The molecule has 1 aromatic carbocycles. The summed E-state index contributed by atoms with van der Waals surface area (Å²) < 4.78 is 0. The molecule has 0 saturated carbocycles.